The Labute approximate surface area is 205 Å². The smallest absolute Gasteiger partial charge is 0.319 e. The third-order valence-electron chi connectivity index (χ3n) is 6.84. The van der Waals surface area contributed by atoms with Crippen molar-refractivity contribution in [1.82, 2.24) is 15.5 Å². The highest BCUT2D eigenvalue weighted by Crippen LogP contribution is 2.30. The van der Waals surface area contributed by atoms with E-state index in [1.807, 2.05) is 18.2 Å². The number of anilines is 1. The summed E-state index contributed by atoms with van der Waals surface area (Å²) >= 11 is 0. The van der Waals surface area contributed by atoms with E-state index in [-0.39, 0.29) is 24.3 Å². The highest BCUT2D eigenvalue weighted by molar-refractivity contribution is 5.95. The minimum Gasteiger partial charge on any atom is -0.433 e. The number of ether oxygens (including phenoxy) is 2. The number of nitrogens with one attached hydrogen (secondary N) is 3. The lowest BCUT2D eigenvalue weighted by Crippen LogP contribution is -2.62. The first-order chi connectivity index (χ1) is 17.0. The summed E-state index contributed by atoms with van der Waals surface area (Å²) in [5.74, 6) is -0.978. The lowest BCUT2D eigenvalue weighted by molar-refractivity contribution is -0.165. The van der Waals surface area contributed by atoms with E-state index in [1.165, 1.54) is 0 Å². The van der Waals surface area contributed by atoms with Gasteiger partial charge in [-0.1, -0.05) is 31.0 Å². The molecule has 3 fully saturated rings. The fourth-order valence-electron chi connectivity index (χ4n) is 5.21. The maximum Gasteiger partial charge on any atom is 0.319 e. The van der Waals surface area contributed by atoms with E-state index < -0.39 is 36.4 Å². The molecule has 3 N–H and O–H groups in total. The van der Waals surface area contributed by atoms with Crippen molar-refractivity contribution in [3.8, 4) is 0 Å². The van der Waals surface area contributed by atoms with Crippen molar-refractivity contribution in [3.05, 3.63) is 30.3 Å². The molecule has 3 saturated heterocycles. The number of carbonyl (C=O) groups is 4. The van der Waals surface area contributed by atoms with Gasteiger partial charge in [0.1, 0.15) is 18.1 Å². The van der Waals surface area contributed by atoms with Crippen LogP contribution in [0.1, 0.15) is 58.3 Å². The van der Waals surface area contributed by atoms with E-state index in [4.69, 9.17) is 9.47 Å². The molecule has 10 nitrogen and oxygen atoms in total. The number of cyclic esters (lactones) is 1. The number of urea groups is 1. The van der Waals surface area contributed by atoms with Gasteiger partial charge in [0.05, 0.1) is 6.42 Å². The molecule has 0 saturated carbocycles. The Kier molecular flexibility index (Phi) is 8.22. The van der Waals surface area contributed by atoms with E-state index in [2.05, 4.69) is 16.0 Å². The molecule has 0 aliphatic carbocycles. The number of hydrogen-bond donors (Lipinski definition) is 3. The number of piperidine rings is 1. The highest BCUT2D eigenvalue weighted by Gasteiger charge is 2.44. The van der Waals surface area contributed by atoms with E-state index in [0.29, 0.717) is 25.1 Å². The fraction of sp³-hybridized carbons (Fsp3) is 0.600. The summed E-state index contributed by atoms with van der Waals surface area (Å²) in [5, 5.41) is 8.47. The van der Waals surface area contributed by atoms with Gasteiger partial charge in [0.2, 0.25) is 18.1 Å². The molecule has 35 heavy (non-hydrogen) atoms. The molecule has 4 amide bonds. The first kappa shape index (κ1) is 25.0. The zero-order chi connectivity index (χ0) is 24.8. The van der Waals surface area contributed by atoms with E-state index in [0.717, 1.165) is 32.1 Å². The van der Waals surface area contributed by atoms with Crippen LogP contribution in [0.4, 0.5) is 10.5 Å². The van der Waals surface area contributed by atoms with E-state index in [9.17, 15) is 19.2 Å². The second-order valence-electron chi connectivity index (χ2n) is 9.28. The molecule has 5 atom stereocenters. The largest absolute Gasteiger partial charge is 0.433 e. The number of esters is 1. The number of fused-ring (bicyclic) bond motifs is 1. The Balaban J connectivity index is 1.46. The summed E-state index contributed by atoms with van der Waals surface area (Å²) in [6, 6.07) is 6.54. The van der Waals surface area contributed by atoms with Gasteiger partial charge in [-0.15, -0.1) is 0 Å². The number of carbonyl (C=O) groups excluding carboxylic acids is 4. The molecule has 1 aromatic rings. The summed E-state index contributed by atoms with van der Waals surface area (Å²) in [4.78, 5) is 53.1. The molecule has 3 aliphatic rings. The lowest BCUT2D eigenvalue weighted by atomic mass is 9.88. The Bertz CT molecular complexity index is 926. The molecule has 10 heteroatoms. The van der Waals surface area contributed by atoms with Gasteiger partial charge in [0, 0.05) is 18.3 Å². The van der Waals surface area contributed by atoms with Crippen LogP contribution in [-0.2, 0) is 23.9 Å². The number of rotatable bonds is 6. The first-order valence-electron chi connectivity index (χ1n) is 12.5. The summed E-state index contributed by atoms with van der Waals surface area (Å²) in [6.07, 6.45) is 4.46. The maximum atomic E-state index is 13.7. The molecule has 0 bridgehead atoms. The molecule has 0 spiro atoms. The average molecular weight is 487 g/mol. The number of amides is 4. The SMILES string of the molecule is CCOC1OC(=O)CC1NC(=O)[C@@H]1CCC[C@@H]2CCCC[C@H](NC(=O)Nc3ccccc3)C(=O)N21. The summed E-state index contributed by atoms with van der Waals surface area (Å²) in [5.41, 5.74) is 0.633. The molecule has 4 rings (SSSR count). The molecule has 0 aromatic heterocycles. The topological polar surface area (TPSA) is 126 Å². The highest BCUT2D eigenvalue weighted by atomic mass is 16.7. The standard InChI is InChI=1S/C25H34N4O6/c1-2-34-24-19(15-21(30)35-24)27-22(31)20-14-8-12-17-11-6-7-13-18(23(32)29(17)20)28-25(33)26-16-9-4-3-5-10-16/h3-5,9-10,17-20,24H,2,6-8,11-15H2,1H3,(H,27,31)(H2,26,28,33)/t17-,18-,19?,20-,24?/m0/s1. The van der Waals surface area contributed by atoms with Gasteiger partial charge in [0.15, 0.2) is 0 Å². The van der Waals surface area contributed by atoms with E-state index in [1.54, 1.807) is 24.0 Å². The Morgan fingerprint density at radius 1 is 1.03 bits per heavy atom. The Morgan fingerprint density at radius 2 is 1.77 bits per heavy atom. The van der Waals surface area contributed by atoms with Crippen molar-refractivity contribution in [2.24, 2.45) is 0 Å². The van der Waals surface area contributed by atoms with Gasteiger partial charge in [-0.25, -0.2) is 4.79 Å². The van der Waals surface area contributed by atoms with Crippen LogP contribution in [0, 0.1) is 0 Å². The van der Waals surface area contributed by atoms with Crippen molar-refractivity contribution >= 4 is 29.5 Å². The number of nitrogens with zero attached hydrogens (tertiary/aromatic N) is 1. The van der Waals surface area contributed by atoms with Crippen molar-refractivity contribution in [2.45, 2.75) is 88.7 Å². The molecule has 0 radical (unpaired) electrons. The molecule has 2 unspecified atom stereocenters. The lowest BCUT2D eigenvalue weighted by Gasteiger charge is -2.44. The average Bonchev–Trinajstić information content (AvgIpc) is 3.18. The van der Waals surface area contributed by atoms with Crippen molar-refractivity contribution < 1.29 is 28.7 Å². The van der Waals surface area contributed by atoms with Gasteiger partial charge < -0.3 is 30.3 Å². The fourth-order valence-corrected chi connectivity index (χ4v) is 5.21. The number of hydrogen-bond acceptors (Lipinski definition) is 6. The van der Waals surface area contributed by atoms with Crippen molar-refractivity contribution in [2.75, 3.05) is 11.9 Å². The third-order valence-corrected chi connectivity index (χ3v) is 6.84. The number of benzene rings is 1. The third kappa shape index (κ3) is 6.11. The van der Waals surface area contributed by atoms with Crippen LogP contribution in [-0.4, -0.2) is 65.8 Å². The van der Waals surface area contributed by atoms with Crippen LogP contribution < -0.4 is 16.0 Å². The molecule has 1 aromatic carbocycles. The summed E-state index contributed by atoms with van der Waals surface area (Å²) < 4.78 is 10.6. The van der Waals surface area contributed by atoms with Crippen LogP contribution in [0.5, 0.6) is 0 Å². The van der Waals surface area contributed by atoms with Gasteiger partial charge in [0.25, 0.3) is 0 Å². The van der Waals surface area contributed by atoms with E-state index >= 15 is 0 Å². The summed E-state index contributed by atoms with van der Waals surface area (Å²) in [7, 11) is 0. The van der Waals surface area contributed by atoms with Crippen molar-refractivity contribution in [1.29, 1.82) is 0 Å². The van der Waals surface area contributed by atoms with Crippen LogP contribution >= 0.6 is 0 Å². The van der Waals surface area contributed by atoms with Crippen LogP contribution in [0.25, 0.3) is 0 Å². The van der Waals surface area contributed by atoms with Crippen LogP contribution in [0.3, 0.4) is 0 Å². The monoisotopic (exact) mass is 486 g/mol. The second-order valence-corrected chi connectivity index (χ2v) is 9.28. The predicted molar refractivity (Wildman–Crippen MR) is 127 cm³/mol. The van der Waals surface area contributed by atoms with Crippen LogP contribution in [0.15, 0.2) is 30.3 Å². The zero-order valence-corrected chi connectivity index (χ0v) is 20.0. The predicted octanol–water partition coefficient (Wildman–Crippen LogP) is 2.29. The molecular formula is C25H34N4O6. The maximum absolute atomic E-state index is 13.7. The Hall–Kier alpha value is -3.14. The zero-order valence-electron chi connectivity index (χ0n) is 20.0. The molecule has 3 aliphatic heterocycles. The Morgan fingerprint density at radius 3 is 2.54 bits per heavy atom. The van der Waals surface area contributed by atoms with Gasteiger partial charge in [-0.2, -0.15) is 0 Å². The van der Waals surface area contributed by atoms with Gasteiger partial charge in [-0.05, 0) is 51.2 Å². The number of para-hydroxylation sites is 1. The molecule has 3 heterocycles. The minimum absolute atomic E-state index is 0.0321. The first-order valence-corrected chi connectivity index (χ1v) is 12.5. The van der Waals surface area contributed by atoms with Gasteiger partial charge >= 0.3 is 12.0 Å². The quantitative estimate of drug-likeness (QED) is 0.530. The summed E-state index contributed by atoms with van der Waals surface area (Å²) in [6.45, 7) is 2.13. The molecule has 190 valence electrons. The second kappa shape index (κ2) is 11.5. The minimum atomic E-state index is -0.824. The normalized spacial score (nSPS) is 28.8. The molecular weight excluding hydrogens is 452 g/mol. The van der Waals surface area contributed by atoms with Crippen molar-refractivity contribution in [3.63, 3.8) is 0 Å². The van der Waals surface area contributed by atoms with Gasteiger partial charge in [-0.3, -0.25) is 14.4 Å². The van der Waals surface area contributed by atoms with Crippen LogP contribution in [0.2, 0.25) is 0 Å².